The highest BCUT2D eigenvalue weighted by Gasteiger charge is 2.08. The fourth-order valence-corrected chi connectivity index (χ4v) is 3.34. The molecule has 8 heteroatoms. The molecule has 0 unspecified atom stereocenters. The molecule has 2 rings (SSSR count). The van der Waals surface area contributed by atoms with Gasteiger partial charge in [-0.25, -0.2) is 0 Å². The molecule has 0 saturated carbocycles. The third-order valence-electron chi connectivity index (χ3n) is 2.88. The minimum atomic E-state index is -0.0314. The Morgan fingerprint density at radius 1 is 1.39 bits per heavy atom. The maximum absolute atomic E-state index is 11.9. The topological polar surface area (TPSA) is 76.1 Å². The molecule has 6 nitrogen and oxygen atoms in total. The number of nitrogens with zero attached hydrogens (tertiary/aromatic N) is 2. The largest absolute Gasteiger partial charge is 0.497 e. The second-order valence-corrected chi connectivity index (χ2v) is 6.92. The van der Waals surface area contributed by atoms with Gasteiger partial charge in [-0.15, -0.1) is 10.2 Å². The standard InChI is InChI=1S/C15H20N4O2S2/c1-3-7-16-14-18-19-15(23-14)22-10-13(20)17-9-11-5-4-6-12(8-11)21-2/h4-6,8H,3,7,9-10H2,1-2H3,(H,16,18)(H,17,20). The van der Waals surface area contributed by atoms with Crippen LogP contribution < -0.4 is 15.4 Å². The Balaban J connectivity index is 1.73. The maximum atomic E-state index is 11.9. The molecule has 0 atom stereocenters. The molecule has 2 aromatic rings. The molecule has 2 N–H and O–H groups in total. The van der Waals surface area contributed by atoms with Crippen molar-refractivity contribution < 1.29 is 9.53 Å². The van der Waals surface area contributed by atoms with Gasteiger partial charge in [-0.1, -0.05) is 42.2 Å². The predicted octanol–water partition coefficient (Wildman–Crippen LogP) is 2.78. The van der Waals surface area contributed by atoms with E-state index in [1.54, 1.807) is 7.11 Å². The van der Waals surface area contributed by atoms with Gasteiger partial charge in [-0.3, -0.25) is 4.79 Å². The smallest absolute Gasteiger partial charge is 0.230 e. The first-order valence-electron chi connectivity index (χ1n) is 7.31. The highest BCUT2D eigenvalue weighted by molar-refractivity contribution is 8.01. The van der Waals surface area contributed by atoms with Crippen molar-refractivity contribution in [1.29, 1.82) is 0 Å². The summed E-state index contributed by atoms with van der Waals surface area (Å²) in [7, 11) is 1.63. The average Bonchev–Trinajstić information content (AvgIpc) is 3.04. The van der Waals surface area contributed by atoms with E-state index in [-0.39, 0.29) is 5.91 Å². The molecule has 23 heavy (non-hydrogen) atoms. The van der Waals surface area contributed by atoms with Crippen LogP contribution in [0, 0.1) is 0 Å². The first kappa shape index (κ1) is 17.6. The van der Waals surface area contributed by atoms with Crippen LogP contribution in [-0.2, 0) is 11.3 Å². The van der Waals surface area contributed by atoms with Crippen molar-refractivity contribution >= 4 is 34.1 Å². The van der Waals surface area contributed by atoms with E-state index >= 15 is 0 Å². The number of carbonyl (C=O) groups is 1. The number of carbonyl (C=O) groups excluding carboxylic acids is 1. The first-order valence-corrected chi connectivity index (χ1v) is 9.11. The molecule has 0 fully saturated rings. The summed E-state index contributed by atoms with van der Waals surface area (Å²) >= 11 is 2.86. The van der Waals surface area contributed by atoms with E-state index in [2.05, 4.69) is 27.8 Å². The zero-order chi connectivity index (χ0) is 16.5. The molecule has 0 aliphatic heterocycles. The van der Waals surface area contributed by atoms with Crippen LogP contribution in [-0.4, -0.2) is 35.5 Å². The van der Waals surface area contributed by atoms with Crippen molar-refractivity contribution in [3.63, 3.8) is 0 Å². The number of methoxy groups -OCH3 is 1. The summed E-state index contributed by atoms with van der Waals surface area (Å²) in [5.74, 6) is 1.08. The van der Waals surface area contributed by atoms with Gasteiger partial charge in [0.15, 0.2) is 4.34 Å². The van der Waals surface area contributed by atoms with Crippen molar-refractivity contribution in [1.82, 2.24) is 15.5 Å². The van der Waals surface area contributed by atoms with E-state index < -0.39 is 0 Å². The summed E-state index contributed by atoms with van der Waals surface area (Å²) in [6, 6.07) is 7.64. The quantitative estimate of drug-likeness (QED) is 0.676. The summed E-state index contributed by atoms with van der Waals surface area (Å²) in [5, 5.41) is 15.0. The average molecular weight is 352 g/mol. The van der Waals surface area contributed by atoms with E-state index in [0.717, 1.165) is 33.7 Å². The van der Waals surface area contributed by atoms with Crippen molar-refractivity contribution in [3.05, 3.63) is 29.8 Å². The van der Waals surface area contributed by atoms with Crippen LogP contribution in [0.15, 0.2) is 28.6 Å². The lowest BCUT2D eigenvalue weighted by atomic mass is 10.2. The van der Waals surface area contributed by atoms with E-state index in [1.165, 1.54) is 23.1 Å². The van der Waals surface area contributed by atoms with Crippen LogP contribution in [0.2, 0.25) is 0 Å². The van der Waals surface area contributed by atoms with Gasteiger partial charge in [0.05, 0.1) is 12.9 Å². The number of hydrogen-bond donors (Lipinski definition) is 2. The Hall–Kier alpha value is -1.80. The minimum Gasteiger partial charge on any atom is -0.497 e. The third kappa shape index (κ3) is 6.07. The highest BCUT2D eigenvalue weighted by atomic mass is 32.2. The lowest BCUT2D eigenvalue weighted by Crippen LogP contribution is -2.24. The second-order valence-electron chi connectivity index (χ2n) is 4.72. The van der Waals surface area contributed by atoms with Crippen molar-refractivity contribution in [2.45, 2.75) is 24.2 Å². The Labute approximate surface area is 144 Å². The number of ether oxygens (including phenoxy) is 1. The Morgan fingerprint density at radius 3 is 3.04 bits per heavy atom. The highest BCUT2D eigenvalue weighted by Crippen LogP contribution is 2.25. The van der Waals surface area contributed by atoms with Gasteiger partial charge in [-0.05, 0) is 24.1 Å². The molecule has 0 saturated heterocycles. The SMILES string of the molecule is CCCNc1nnc(SCC(=O)NCc2cccc(OC)c2)s1. The molecule has 0 bridgehead atoms. The maximum Gasteiger partial charge on any atom is 0.230 e. The van der Waals surface area contributed by atoms with Gasteiger partial charge in [0.1, 0.15) is 5.75 Å². The van der Waals surface area contributed by atoms with Gasteiger partial charge < -0.3 is 15.4 Å². The molecule has 1 aromatic carbocycles. The molecule has 124 valence electrons. The molecule has 1 amide bonds. The normalized spacial score (nSPS) is 10.3. The van der Waals surface area contributed by atoms with Gasteiger partial charge in [-0.2, -0.15) is 0 Å². The number of hydrogen-bond acceptors (Lipinski definition) is 7. The second kappa shape index (κ2) is 9.36. The van der Waals surface area contributed by atoms with Crippen LogP contribution in [0.4, 0.5) is 5.13 Å². The number of nitrogens with one attached hydrogen (secondary N) is 2. The molecular formula is C15H20N4O2S2. The number of benzene rings is 1. The van der Waals surface area contributed by atoms with Crippen molar-refractivity contribution in [2.24, 2.45) is 0 Å². The summed E-state index contributed by atoms with van der Waals surface area (Å²) in [5.41, 5.74) is 1.00. The van der Waals surface area contributed by atoms with Crippen molar-refractivity contribution in [2.75, 3.05) is 24.7 Å². The number of thioether (sulfide) groups is 1. The number of rotatable bonds is 9. The van der Waals surface area contributed by atoms with E-state index in [0.29, 0.717) is 12.3 Å². The molecular weight excluding hydrogens is 332 g/mol. The molecule has 0 radical (unpaired) electrons. The van der Waals surface area contributed by atoms with Crippen LogP contribution in [0.1, 0.15) is 18.9 Å². The van der Waals surface area contributed by atoms with Gasteiger partial charge in [0.25, 0.3) is 0 Å². The molecule has 1 heterocycles. The first-order chi connectivity index (χ1) is 11.2. The molecule has 0 spiro atoms. The lowest BCUT2D eigenvalue weighted by molar-refractivity contribution is -0.118. The van der Waals surface area contributed by atoms with Crippen LogP contribution in [0.25, 0.3) is 0 Å². The summed E-state index contributed by atoms with van der Waals surface area (Å²) in [4.78, 5) is 11.9. The zero-order valence-corrected chi connectivity index (χ0v) is 14.8. The Bertz CT molecular complexity index is 633. The van der Waals surface area contributed by atoms with E-state index in [4.69, 9.17) is 4.74 Å². The number of amides is 1. The van der Waals surface area contributed by atoms with E-state index in [9.17, 15) is 4.79 Å². The van der Waals surface area contributed by atoms with Gasteiger partial charge >= 0.3 is 0 Å². The minimum absolute atomic E-state index is 0.0314. The third-order valence-corrected chi connectivity index (χ3v) is 4.90. The van der Waals surface area contributed by atoms with Crippen LogP contribution in [0.5, 0.6) is 5.75 Å². The number of aromatic nitrogens is 2. The fraction of sp³-hybridized carbons (Fsp3) is 0.400. The van der Waals surface area contributed by atoms with Crippen LogP contribution in [0.3, 0.4) is 0 Å². The summed E-state index contributed by atoms with van der Waals surface area (Å²) in [6.07, 6.45) is 1.04. The van der Waals surface area contributed by atoms with Crippen LogP contribution >= 0.6 is 23.1 Å². The molecule has 0 aliphatic rings. The predicted molar refractivity (Wildman–Crippen MR) is 94.3 cm³/mol. The zero-order valence-electron chi connectivity index (χ0n) is 13.2. The Morgan fingerprint density at radius 2 is 2.26 bits per heavy atom. The monoisotopic (exact) mass is 352 g/mol. The number of anilines is 1. The van der Waals surface area contributed by atoms with E-state index in [1.807, 2.05) is 24.3 Å². The van der Waals surface area contributed by atoms with Crippen molar-refractivity contribution in [3.8, 4) is 5.75 Å². The summed E-state index contributed by atoms with van der Waals surface area (Å²) < 4.78 is 5.95. The molecule has 0 aliphatic carbocycles. The lowest BCUT2D eigenvalue weighted by Gasteiger charge is -2.06. The fourth-order valence-electron chi connectivity index (χ4n) is 1.73. The summed E-state index contributed by atoms with van der Waals surface area (Å²) in [6.45, 7) is 3.45. The molecule has 1 aromatic heterocycles. The Kier molecular flexibility index (Phi) is 7.15. The van der Waals surface area contributed by atoms with Gasteiger partial charge in [0, 0.05) is 13.1 Å². The van der Waals surface area contributed by atoms with Gasteiger partial charge in [0.2, 0.25) is 11.0 Å².